The van der Waals surface area contributed by atoms with Crippen LogP contribution in [0.5, 0.6) is 0 Å². The minimum Gasteiger partial charge on any atom is -0.378 e. The van der Waals surface area contributed by atoms with Gasteiger partial charge in [-0.15, -0.1) is 0 Å². The zero-order chi connectivity index (χ0) is 52.7. The van der Waals surface area contributed by atoms with Gasteiger partial charge in [0.25, 0.3) is 5.91 Å². The first kappa shape index (κ1) is 54.0. The predicted molar refractivity (Wildman–Crippen MR) is 284 cm³/mol. The van der Waals surface area contributed by atoms with Crippen molar-refractivity contribution in [2.24, 2.45) is 11.3 Å². The number of pyridine rings is 1. The smallest absolute Gasteiger partial charge is 0.259 e. The molecule has 6 radical (unpaired) electrons. The number of ether oxygens (including phenoxy) is 2. The van der Waals surface area contributed by atoms with Crippen LogP contribution in [0.15, 0.2) is 61.2 Å². The van der Waals surface area contributed by atoms with Gasteiger partial charge < -0.3 is 38.9 Å². The molecular formula is C56H72N8O7Si2. The number of hydrogen-bond donors (Lipinski definition) is 2. The quantitative estimate of drug-likeness (QED) is 0.145. The Hall–Kier alpha value is -5.31. The second-order valence-corrected chi connectivity index (χ2v) is 23.4. The maximum absolute atomic E-state index is 15.1. The van der Waals surface area contributed by atoms with Crippen LogP contribution in [0.3, 0.4) is 0 Å². The van der Waals surface area contributed by atoms with E-state index < -0.39 is 39.9 Å². The molecule has 0 saturated carbocycles. The molecule has 386 valence electrons. The van der Waals surface area contributed by atoms with Gasteiger partial charge in [0.2, 0.25) is 17.7 Å². The minimum absolute atomic E-state index is 0.0136. The van der Waals surface area contributed by atoms with Crippen molar-refractivity contribution in [2.75, 3.05) is 60.6 Å². The van der Waals surface area contributed by atoms with Crippen molar-refractivity contribution in [1.29, 1.82) is 0 Å². The van der Waals surface area contributed by atoms with E-state index in [1.165, 1.54) is 27.1 Å². The van der Waals surface area contributed by atoms with Crippen LogP contribution < -0.4 is 10.7 Å². The summed E-state index contributed by atoms with van der Waals surface area (Å²) in [6.45, 7) is 19.4. The van der Waals surface area contributed by atoms with E-state index in [0.29, 0.717) is 45.4 Å². The normalized spacial score (nSPS) is 23.4. The summed E-state index contributed by atoms with van der Waals surface area (Å²) in [6.07, 6.45) is 3.88. The molecule has 4 aliphatic rings. The molecule has 4 aliphatic heterocycles. The van der Waals surface area contributed by atoms with Crippen molar-refractivity contribution in [3.63, 3.8) is 0 Å². The molecule has 17 heteroatoms. The number of hydrogen-bond acceptors (Lipinski definition) is 10. The van der Waals surface area contributed by atoms with Crippen LogP contribution in [0, 0.1) is 11.3 Å². The highest BCUT2D eigenvalue weighted by Gasteiger charge is 2.47. The number of likely N-dealkylation sites (N-methyl/N-ethyl adjacent to an activating group) is 2. The first-order valence-electron chi connectivity index (χ1n) is 25.8. The van der Waals surface area contributed by atoms with Gasteiger partial charge in [0, 0.05) is 86.6 Å². The van der Waals surface area contributed by atoms with Crippen LogP contribution in [0.2, 0.25) is 5.04 Å². The summed E-state index contributed by atoms with van der Waals surface area (Å²) < 4.78 is 15.1. The molecule has 2 aromatic carbocycles. The molecule has 8 rings (SSSR count). The van der Waals surface area contributed by atoms with Crippen molar-refractivity contribution in [1.82, 2.24) is 40.0 Å². The van der Waals surface area contributed by atoms with E-state index in [0.717, 1.165) is 69.7 Å². The van der Waals surface area contributed by atoms with Crippen LogP contribution in [-0.4, -0.2) is 157 Å². The van der Waals surface area contributed by atoms with E-state index in [1.807, 2.05) is 26.0 Å². The number of fused-ring (bicyclic) bond motifs is 7. The fraction of sp³-hybridized carbons (Fsp3) is 0.536. The van der Waals surface area contributed by atoms with E-state index in [2.05, 4.69) is 118 Å². The van der Waals surface area contributed by atoms with Gasteiger partial charge in [-0.2, -0.15) is 0 Å². The molecule has 4 amide bonds. The highest BCUT2D eigenvalue weighted by molar-refractivity contribution is 6.60. The molecule has 6 bridgehead atoms. The van der Waals surface area contributed by atoms with Crippen LogP contribution in [0.25, 0.3) is 33.3 Å². The van der Waals surface area contributed by atoms with Gasteiger partial charge >= 0.3 is 0 Å². The Labute approximate surface area is 437 Å². The lowest BCUT2D eigenvalue weighted by atomic mass is 9.83. The topological polar surface area (TPSA) is 159 Å². The van der Waals surface area contributed by atoms with Crippen molar-refractivity contribution in [3.8, 4) is 22.4 Å². The molecule has 73 heavy (non-hydrogen) atoms. The van der Waals surface area contributed by atoms with Gasteiger partial charge in [0.05, 0.1) is 41.4 Å². The summed E-state index contributed by atoms with van der Waals surface area (Å²) in [5.74, 6) is -1.90. The number of hydrazine groups is 1. The third-order valence-electron chi connectivity index (χ3n) is 15.5. The van der Waals surface area contributed by atoms with Crippen molar-refractivity contribution < 1.29 is 33.4 Å². The summed E-state index contributed by atoms with van der Waals surface area (Å²) in [6, 6.07) is 15.0. The number of methoxy groups -OCH3 is 1. The number of aryl methyl sites for hydroxylation is 1. The molecule has 15 nitrogen and oxygen atoms in total. The van der Waals surface area contributed by atoms with Crippen LogP contribution in [0.4, 0.5) is 0 Å². The number of aromatic nitrogens is 2. The van der Waals surface area contributed by atoms with E-state index in [1.54, 1.807) is 19.1 Å². The van der Waals surface area contributed by atoms with Gasteiger partial charge in [-0.25, -0.2) is 5.43 Å². The Morgan fingerprint density at radius 1 is 1.05 bits per heavy atom. The number of nitrogens with zero attached hydrogens (tertiary/aromatic N) is 6. The summed E-state index contributed by atoms with van der Waals surface area (Å²) in [5.41, 5.74) is 12.0. The number of rotatable bonds is 11. The second-order valence-electron chi connectivity index (χ2n) is 22.0. The number of amides is 4. The third-order valence-corrected chi connectivity index (χ3v) is 16.6. The summed E-state index contributed by atoms with van der Waals surface area (Å²) in [7, 11) is 12.5. The Balaban J connectivity index is 1.23. The summed E-state index contributed by atoms with van der Waals surface area (Å²) >= 11 is 0. The maximum Gasteiger partial charge on any atom is 0.259 e. The Bertz CT molecular complexity index is 2810. The van der Waals surface area contributed by atoms with Gasteiger partial charge in [-0.1, -0.05) is 64.6 Å². The largest absolute Gasteiger partial charge is 0.378 e. The first-order chi connectivity index (χ1) is 34.6. The lowest BCUT2D eigenvalue weighted by Gasteiger charge is -2.44. The summed E-state index contributed by atoms with van der Waals surface area (Å²) in [5, 5.41) is 4.20. The molecule has 0 spiro atoms. The van der Waals surface area contributed by atoms with Gasteiger partial charge in [-0.05, 0) is 116 Å². The van der Waals surface area contributed by atoms with E-state index in [-0.39, 0.29) is 55.4 Å². The van der Waals surface area contributed by atoms with Crippen LogP contribution in [0.1, 0.15) is 95.0 Å². The Kier molecular flexibility index (Phi) is 15.9. The fourth-order valence-electron chi connectivity index (χ4n) is 11.5. The number of carbonyl (C=O) groups excluding carboxylic acids is 5. The molecular weight excluding hydrogens is 953 g/mol. The molecule has 2 fully saturated rings. The molecule has 2 N–H and O–H groups in total. The molecule has 0 aliphatic carbocycles. The molecule has 4 aromatic rings. The van der Waals surface area contributed by atoms with Crippen molar-refractivity contribution in [2.45, 2.75) is 122 Å². The SMILES string of the molecule is C=CC(=O)N1CCC([Si])(C(=O)N(C)[C@H](C(=O)N[C@H]2Cc3cccc(c3)-c3ccc4c(c3)c(c(-c3cc5c(nc3[C@H](C)OC)CN(C)CC5)n4CC)CC(C)(C)COC[C@]3(C(=O)[Si])CCCN(N3)C2=O)C(C)C)C1. The number of benzene rings is 2. The Morgan fingerprint density at radius 3 is 2.51 bits per heavy atom. The fourth-order valence-corrected chi connectivity index (χ4v) is 12.3. The van der Waals surface area contributed by atoms with Gasteiger partial charge in [-0.3, -0.25) is 29.2 Å². The lowest BCUT2D eigenvalue weighted by Crippen LogP contribution is -2.68. The molecule has 1 unspecified atom stereocenters. The van der Waals surface area contributed by atoms with Crippen LogP contribution in [-0.2, 0) is 65.8 Å². The Morgan fingerprint density at radius 2 is 1.81 bits per heavy atom. The van der Waals surface area contributed by atoms with E-state index in [9.17, 15) is 19.2 Å². The zero-order valence-electron chi connectivity index (χ0n) is 44.2. The average molecular weight is 1030 g/mol. The standard InChI is InChI=1S/C56H72N8O7Si2/c1-11-46(65)62-24-21-56(73,31-62)52(68)61(9)48(34(3)4)50(66)58-43-26-36-15-13-16-37(25-36)38-17-18-45-40(27-38)42(29-54(6,7)32-71-33-55(53(69)72)20-14-22-64(59-55)51(43)67)49(63(45)12-2)41-28-39-19-23-60(8)30-44(39)57-47(41)35(5)70-10/h11,13,15-18,25,27-28,34-35,43,48,59H,1,12,14,19-24,26,29-33H2,2-10H3,(H,58,66)/t35-,43-,48-,55-,56?/m0/s1. The molecule has 6 heterocycles. The third kappa shape index (κ3) is 10.8. The monoisotopic (exact) mass is 1020 g/mol. The predicted octanol–water partition coefficient (Wildman–Crippen LogP) is 5.50. The molecule has 5 atom stereocenters. The molecule has 2 aromatic heterocycles. The zero-order valence-corrected chi connectivity index (χ0v) is 46.2. The van der Waals surface area contributed by atoms with Crippen molar-refractivity contribution >= 4 is 60.4 Å². The van der Waals surface area contributed by atoms with E-state index >= 15 is 4.79 Å². The minimum atomic E-state index is -1.29. The van der Waals surface area contributed by atoms with Crippen molar-refractivity contribution in [3.05, 3.63) is 89.3 Å². The maximum atomic E-state index is 15.1. The highest BCUT2D eigenvalue weighted by Crippen LogP contribution is 2.43. The first-order valence-corrected chi connectivity index (χ1v) is 26.8. The average Bonchev–Trinajstić information content (AvgIpc) is 3.91. The number of nitrogens with one attached hydrogen (secondary N) is 2. The highest BCUT2D eigenvalue weighted by atomic mass is 28.1. The van der Waals surface area contributed by atoms with Gasteiger partial charge in [0.1, 0.15) is 33.3 Å². The summed E-state index contributed by atoms with van der Waals surface area (Å²) in [4.78, 5) is 81.1. The molecule has 2 saturated heterocycles. The number of carbonyl (C=O) groups is 5. The lowest BCUT2D eigenvalue weighted by molar-refractivity contribution is -0.149. The van der Waals surface area contributed by atoms with E-state index in [4.69, 9.17) is 14.5 Å². The second kappa shape index (κ2) is 21.5. The van der Waals surface area contributed by atoms with Gasteiger partial charge in [0.15, 0.2) is 0 Å². The number of likely N-dealkylation sites (tertiary alicyclic amines) is 1. The van der Waals surface area contributed by atoms with Crippen LogP contribution >= 0.6 is 0 Å².